The standard InChI is InChI=1S/C37H47F2N7O/c1-8-12-26-17-33(40)27(21-41-6)18-34(26)43-36-44-37(47)46(30(10-3)19-29(42-7)15-23(4)9-2)35(25-13-11-14-25)45(36)22-28-16-24(5)31(38)20-32(28)39/h10,15-21,40-42H,8-9,11-14,22H2,1-7H3,(H,43,44,47)/b23-15+,27-21-,29-19+,30-10+,40-33?. The smallest absolute Gasteiger partial charge is 0.357 e. The summed E-state index contributed by atoms with van der Waals surface area (Å²) in [6, 6.07) is 1.93. The highest BCUT2D eigenvalue weighted by molar-refractivity contribution is 6.11. The minimum Gasteiger partial charge on any atom is -0.393 e. The molecule has 1 saturated carbocycles. The summed E-state index contributed by atoms with van der Waals surface area (Å²) in [5, 5.41) is 18.2. The molecule has 0 spiro atoms. The number of nitrogens with zero attached hydrogens (tertiary/aromatic N) is 3. The lowest BCUT2D eigenvalue weighted by Crippen LogP contribution is -2.51. The Morgan fingerprint density at radius 2 is 1.85 bits per heavy atom. The molecule has 1 aromatic carbocycles. The highest BCUT2D eigenvalue weighted by atomic mass is 19.1. The van der Waals surface area contributed by atoms with Gasteiger partial charge in [-0.15, -0.1) is 0 Å². The van der Waals surface area contributed by atoms with E-state index in [-0.39, 0.29) is 18.1 Å². The number of aryl methyl sites for hydroxylation is 1. The Bertz CT molecular complexity index is 1670. The molecule has 8 nitrogen and oxygen atoms in total. The van der Waals surface area contributed by atoms with E-state index in [0.717, 1.165) is 55.0 Å². The molecule has 0 unspecified atom stereocenters. The van der Waals surface area contributed by atoms with Crippen molar-refractivity contribution in [3.63, 3.8) is 0 Å². The number of hydrogen-bond donors (Lipinski definition) is 4. The van der Waals surface area contributed by atoms with Gasteiger partial charge in [0.05, 0.1) is 18.0 Å². The number of allylic oxidation sites excluding steroid dienone is 9. The van der Waals surface area contributed by atoms with Crippen LogP contribution < -0.4 is 16.0 Å². The molecule has 2 amide bonds. The molecule has 4 N–H and O–H groups in total. The van der Waals surface area contributed by atoms with E-state index in [1.54, 1.807) is 25.1 Å². The van der Waals surface area contributed by atoms with Gasteiger partial charge in [-0.3, -0.25) is 4.90 Å². The second kappa shape index (κ2) is 15.7. The number of hydrogen-bond acceptors (Lipinski definition) is 6. The van der Waals surface area contributed by atoms with E-state index < -0.39 is 17.7 Å². The predicted octanol–water partition coefficient (Wildman–Crippen LogP) is 7.96. The summed E-state index contributed by atoms with van der Waals surface area (Å²) in [7, 11) is 3.61. The van der Waals surface area contributed by atoms with Crippen molar-refractivity contribution in [3.8, 4) is 0 Å². The number of guanidine groups is 1. The summed E-state index contributed by atoms with van der Waals surface area (Å²) in [6.45, 7) is 9.69. The maximum Gasteiger partial charge on any atom is 0.357 e. The van der Waals surface area contributed by atoms with Gasteiger partial charge in [-0.1, -0.05) is 31.9 Å². The highest BCUT2D eigenvalue weighted by Gasteiger charge is 2.38. The second-order valence-electron chi connectivity index (χ2n) is 11.9. The second-order valence-corrected chi connectivity index (χ2v) is 11.9. The van der Waals surface area contributed by atoms with Crippen LogP contribution in [0.3, 0.4) is 0 Å². The molecule has 0 aromatic heterocycles. The molecule has 3 aliphatic rings. The number of benzene rings is 1. The zero-order valence-corrected chi connectivity index (χ0v) is 28.6. The first-order valence-electron chi connectivity index (χ1n) is 16.3. The number of halogens is 2. The van der Waals surface area contributed by atoms with Gasteiger partial charge < -0.3 is 21.4 Å². The van der Waals surface area contributed by atoms with E-state index in [9.17, 15) is 9.18 Å². The number of carbonyl (C=O) groups excluding carboxylic acids is 1. The average Bonchev–Trinajstić information content (AvgIpc) is 3.01. The van der Waals surface area contributed by atoms with Crippen molar-refractivity contribution in [1.82, 2.24) is 25.8 Å². The van der Waals surface area contributed by atoms with Crippen molar-refractivity contribution >= 4 is 17.7 Å². The van der Waals surface area contributed by atoms with Gasteiger partial charge in [0.25, 0.3) is 0 Å². The van der Waals surface area contributed by atoms with Crippen LogP contribution >= 0.6 is 0 Å². The lowest BCUT2D eigenvalue weighted by molar-refractivity contribution is 0.211. The zero-order chi connectivity index (χ0) is 34.2. The minimum absolute atomic E-state index is 0.00494. The average molecular weight is 644 g/mol. The van der Waals surface area contributed by atoms with Crippen molar-refractivity contribution in [1.29, 1.82) is 5.41 Å². The van der Waals surface area contributed by atoms with Gasteiger partial charge >= 0.3 is 6.03 Å². The molecule has 1 aliphatic heterocycles. The Morgan fingerprint density at radius 3 is 2.45 bits per heavy atom. The first-order chi connectivity index (χ1) is 22.5. The van der Waals surface area contributed by atoms with Crippen LogP contribution in [0.5, 0.6) is 0 Å². The lowest BCUT2D eigenvalue weighted by Gasteiger charge is -2.42. The number of rotatable bonds is 11. The third kappa shape index (κ3) is 7.99. The van der Waals surface area contributed by atoms with E-state index in [2.05, 4.69) is 41.7 Å². The molecule has 250 valence electrons. The predicted molar refractivity (Wildman–Crippen MR) is 186 cm³/mol. The fourth-order valence-corrected chi connectivity index (χ4v) is 5.56. The number of amides is 2. The van der Waals surface area contributed by atoms with Crippen molar-refractivity contribution in [2.75, 3.05) is 14.1 Å². The van der Waals surface area contributed by atoms with Crippen LogP contribution in [0.1, 0.15) is 77.3 Å². The molecule has 10 heteroatoms. The van der Waals surface area contributed by atoms with Crippen LogP contribution in [0.2, 0.25) is 0 Å². The molecule has 1 heterocycles. The Labute approximate surface area is 277 Å². The van der Waals surface area contributed by atoms with Crippen LogP contribution in [0.25, 0.3) is 0 Å². The van der Waals surface area contributed by atoms with Crippen molar-refractivity contribution in [2.24, 2.45) is 4.99 Å². The number of urea groups is 1. The highest BCUT2D eigenvalue weighted by Crippen LogP contribution is 2.38. The largest absolute Gasteiger partial charge is 0.393 e. The van der Waals surface area contributed by atoms with E-state index in [1.807, 2.05) is 49.3 Å². The molecular formula is C37H47F2N7O. The Morgan fingerprint density at radius 1 is 1.11 bits per heavy atom. The molecule has 0 saturated heterocycles. The van der Waals surface area contributed by atoms with E-state index in [0.29, 0.717) is 40.5 Å². The van der Waals surface area contributed by atoms with Gasteiger partial charge in [-0.25, -0.2) is 18.5 Å². The third-order valence-electron chi connectivity index (χ3n) is 8.49. The first-order valence-corrected chi connectivity index (χ1v) is 16.3. The summed E-state index contributed by atoms with van der Waals surface area (Å²) in [6.07, 6.45) is 16.2. The third-order valence-corrected chi connectivity index (χ3v) is 8.49. The van der Waals surface area contributed by atoms with Gasteiger partial charge in [0.1, 0.15) is 17.5 Å². The molecule has 4 rings (SSSR count). The van der Waals surface area contributed by atoms with Crippen LogP contribution in [-0.2, 0) is 6.54 Å². The zero-order valence-electron chi connectivity index (χ0n) is 28.6. The molecule has 1 aromatic rings. The molecular weight excluding hydrogens is 596 g/mol. The Kier molecular flexibility index (Phi) is 11.7. The van der Waals surface area contributed by atoms with Crippen molar-refractivity contribution in [2.45, 2.75) is 79.7 Å². The topological polar surface area (TPSA) is 95.9 Å². The van der Waals surface area contributed by atoms with Gasteiger partial charge in [0.15, 0.2) is 0 Å². The fourth-order valence-electron chi connectivity index (χ4n) is 5.56. The van der Waals surface area contributed by atoms with E-state index in [1.165, 1.54) is 11.6 Å². The van der Waals surface area contributed by atoms with Crippen LogP contribution in [-0.4, -0.2) is 41.6 Å². The van der Waals surface area contributed by atoms with Crippen molar-refractivity contribution in [3.05, 3.63) is 117 Å². The molecule has 1 fully saturated rings. The number of aliphatic imine (C=N–C) groups is 1. The SMILES string of the molecule is C\C=C(/C=C(\C=C(/C)CC)NC)N1C(=O)N=C(NC2=C/C(=C/NC)C(=N)C=C2CCC)N(Cc2cc(C)c(F)cc2F)C1=C1CCC1. The summed E-state index contributed by atoms with van der Waals surface area (Å²) >= 11 is 0. The number of carbonyl (C=O) groups is 1. The van der Waals surface area contributed by atoms with Gasteiger partial charge in [-0.2, -0.15) is 4.99 Å². The molecule has 0 atom stereocenters. The Hall–Kier alpha value is -4.73. The van der Waals surface area contributed by atoms with Gasteiger partial charge in [0, 0.05) is 48.9 Å². The summed E-state index contributed by atoms with van der Waals surface area (Å²) in [5.74, 6) is -0.431. The lowest BCUT2D eigenvalue weighted by atomic mass is 9.91. The van der Waals surface area contributed by atoms with Crippen LogP contribution in [0, 0.1) is 24.0 Å². The molecule has 47 heavy (non-hydrogen) atoms. The molecule has 0 bridgehead atoms. The number of likely N-dealkylation sites (N-methyl/N-ethyl adjacent to an activating group) is 1. The molecule has 0 radical (unpaired) electrons. The summed E-state index contributed by atoms with van der Waals surface area (Å²) in [5.41, 5.74) is 6.91. The minimum atomic E-state index is -0.672. The Balaban J connectivity index is 1.92. The van der Waals surface area contributed by atoms with Gasteiger partial charge in [-0.05, 0) is 100.0 Å². The van der Waals surface area contributed by atoms with Crippen molar-refractivity contribution < 1.29 is 13.6 Å². The number of nitrogens with one attached hydrogen (secondary N) is 4. The maximum absolute atomic E-state index is 15.4. The van der Waals surface area contributed by atoms with Crippen LogP contribution in [0.15, 0.2) is 98.9 Å². The monoisotopic (exact) mass is 643 g/mol. The maximum atomic E-state index is 15.4. The fraction of sp³-hybridized carbons (Fsp3) is 0.378. The normalized spacial score (nSPS) is 18.7. The summed E-state index contributed by atoms with van der Waals surface area (Å²) < 4.78 is 29.7. The first kappa shape index (κ1) is 35.1. The molecule has 2 aliphatic carbocycles. The van der Waals surface area contributed by atoms with Crippen LogP contribution in [0.4, 0.5) is 13.6 Å². The van der Waals surface area contributed by atoms with E-state index >= 15 is 4.39 Å². The van der Waals surface area contributed by atoms with Gasteiger partial charge in [0.2, 0.25) is 5.96 Å². The van der Waals surface area contributed by atoms with E-state index in [4.69, 9.17) is 5.41 Å². The summed E-state index contributed by atoms with van der Waals surface area (Å²) in [4.78, 5) is 22.2. The quantitative estimate of drug-likeness (QED) is 0.184.